The maximum Gasteiger partial charge on any atom is 0.199 e. The number of pyridine rings is 1. The third kappa shape index (κ3) is 4.62. The molecule has 0 aliphatic heterocycles. The molecule has 0 saturated heterocycles. The number of fused-ring (bicyclic) bond motifs is 1. The zero-order valence-electron chi connectivity index (χ0n) is 18.4. The number of ether oxygens (including phenoxy) is 2. The molecule has 1 saturated carbocycles. The van der Waals surface area contributed by atoms with Gasteiger partial charge in [0.1, 0.15) is 5.52 Å². The summed E-state index contributed by atoms with van der Waals surface area (Å²) in [6.07, 6.45) is 9.18. The van der Waals surface area contributed by atoms with Crippen LogP contribution >= 0.6 is 0 Å². The summed E-state index contributed by atoms with van der Waals surface area (Å²) >= 11 is 0. The zero-order valence-corrected chi connectivity index (χ0v) is 18.4. The lowest BCUT2D eigenvalue weighted by Gasteiger charge is -2.16. The van der Waals surface area contributed by atoms with Crippen LogP contribution in [0.15, 0.2) is 65.2 Å². The summed E-state index contributed by atoms with van der Waals surface area (Å²) in [5, 5.41) is 0. The third-order valence-corrected chi connectivity index (χ3v) is 6.10. The molecule has 0 atom stereocenters. The third-order valence-electron chi connectivity index (χ3n) is 6.10. The topological polar surface area (TPSA) is 57.4 Å². The zero-order chi connectivity index (χ0) is 21.8. The van der Waals surface area contributed by atoms with E-state index in [0.717, 1.165) is 59.5 Å². The van der Waals surface area contributed by atoms with Gasteiger partial charge in [-0.3, -0.25) is 4.98 Å². The molecule has 4 aromatic rings. The van der Waals surface area contributed by atoms with E-state index in [9.17, 15) is 0 Å². The van der Waals surface area contributed by atoms with Crippen molar-refractivity contribution in [1.29, 1.82) is 0 Å². The van der Waals surface area contributed by atoms with Gasteiger partial charge in [-0.15, -0.1) is 0 Å². The first-order chi connectivity index (χ1) is 15.8. The molecule has 0 unspecified atom stereocenters. The van der Waals surface area contributed by atoms with Crippen LogP contribution in [0.1, 0.15) is 48.4 Å². The number of hydrogen-bond acceptors (Lipinski definition) is 5. The van der Waals surface area contributed by atoms with Crippen molar-refractivity contribution in [3.05, 3.63) is 83.5 Å². The highest BCUT2D eigenvalue weighted by molar-refractivity contribution is 5.76. The molecule has 1 fully saturated rings. The van der Waals surface area contributed by atoms with Gasteiger partial charge in [-0.25, -0.2) is 4.98 Å². The lowest BCUT2D eigenvalue weighted by atomic mass is 10.1. The summed E-state index contributed by atoms with van der Waals surface area (Å²) < 4.78 is 17.9. The molecule has 32 heavy (non-hydrogen) atoms. The van der Waals surface area contributed by atoms with E-state index in [-0.39, 0.29) is 6.10 Å². The number of rotatable bonds is 8. The molecule has 5 rings (SSSR count). The van der Waals surface area contributed by atoms with E-state index < -0.39 is 0 Å². The van der Waals surface area contributed by atoms with Crippen molar-refractivity contribution in [2.75, 3.05) is 7.11 Å². The number of aryl methyl sites for hydroxylation is 2. The number of benzene rings is 2. The van der Waals surface area contributed by atoms with Crippen molar-refractivity contribution in [1.82, 2.24) is 9.97 Å². The van der Waals surface area contributed by atoms with Crippen LogP contribution in [0, 0.1) is 0 Å². The summed E-state index contributed by atoms with van der Waals surface area (Å²) in [5.41, 5.74) is 5.13. The maximum atomic E-state index is 6.25. The fourth-order valence-electron chi connectivity index (χ4n) is 4.42. The largest absolute Gasteiger partial charge is 0.493 e. The normalized spacial score (nSPS) is 14.2. The van der Waals surface area contributed by atoms with E-state index in [1.54, 1.807) is 7.11 Å². The smallest absolute Gasteiger partial charge is 0.199 e. The van der Waals surface area contributed by atoms with E-state index in [4.69, 9.17) is 18.9 Å². The number of hydrogen-bond donors (Lipinski definition) is 0. The van der Waals surface area contributed by atoms with Crippen molar-refractivity contribution in [3.63, 3.8) is 0 Å². The van der Waals surface area contributed by atoms with Crippen molar-refractivity contribution in [2.45, 2.75) is 51.0 Å². The molecule has 2 aromatic carbocycles. The molecule has 0 N–H and O–H groups in total. The Morgan fingerprint density at radius 3 is 2.69 bits per heavy atom. The molecule has 2 aromatic heterocycles. The Morgan fingerprint density at radius 2 is 1.88 bits per heavy atom. The van der Waals surface area contributed by atoms with Crippen LogP contribution < -0.4 is 9.47 Å². The first-order valence-corrected chi connectivity index (χ1v) is 11.4. The van der Waals surface area contributed by atoms with E-state index in [1.807, 2.05) is 36.5 Å². The minimum atomic E-state index is 0.283. The lowest BCUT2D eigenvalue weighted by molar-refractivity contribution is 0.200. The SMILES string of the molecule is COc1ccc(Cc2nc3c(CCc4ccccn4)cccc3o2)cc1OC1CCCC1. The number of para-hydroxylation sites is 1. The molecular weight excluding hydrogens is 400 g/mol. The van der Waals surface area contributed by atoms with Crippen molar-refractivity contribution >= 4 is 11.1 Å². The van der Waals surface area contributed by atoms with Crippen molar-refractivity contribution in [2.24, 2.45) is 0 Å². The van der Waals surface area contributed by atoms with Crippen LogP contribution in [-0.2, 0) is 19.3 Å². The average molecular weight is 429 g/mol. The van der Waals surface area contributed by atoms with Gasteiger partial charge in [-0.1, -0.05) is 24.3 Å². The Labute approximate surface area is 188 Å². The van der Waals surface area contributed by atoms with Crippen LogP contribution in [-0.4, -0.2) is 23.2 Å². The molecule has 1 aliphatic carbocycles. The molecule has 0 amide bonds. The monoisotopic (exact) mass is 428 g/mol. The van der Waals surface area contributed by atoms with E-state index in [1.165, 1.54) is 18.4 Å². The fourth-order valence-corrected chi connectivity index (χ4v) is 4.42. The van der Waals surface area contributed by atoms with Gasteiger partial charge in [0.2, 0.25) is 0 Å². The van der Waals surface area contributed by atoms with E-state index in [0.29, 0.717) is 12.3 Å². The summed E-state index contributed by atoms with van der Waals surface area (Å²) in [6.45, 7) is 0. The lowest BCUT2D eigenvalue weighted by Crippen LogP contribution is -2.11. The minimum Gasteiger partial charge on any atom is -0.493 e. The molecule has 0 spiro atoms. The van der Waals surface area contributed by atoms with Crippen molar-refractivity contribution in [3.8, 4) is 11.5 Å². The Balaban J connectivity index is 1.35. The second kappa shape index (κ2) is 9.43. The number of methoxy groups -OCH3 is 1. The predicted octanol–water partition coefficient (Wildman–Crippen LogP) is 5.93. The average Bonchev–Trinajstić information content (AvgIpc) is 3.48. The Bertz CT molecular complexity index is 1180. The van der Waals surface area contributed by atoms with Gasteiger partial charge in [-0.2, -0.15) is 0 Å². The Morgan fingerprint density at radius 1 is 0.969 bits per heavy atom. The van der Waals surface area contributed by atoms with Crippen LogP contribution in [0.2, 0.25) is 0 Å². The highest BCUT2D eigenvalue weighted by Gasteiger charge is 2.19. The standard InChI is InChI=1S/C27H28N2O3/c1-30-23-15-12-19(17-25(23)31-22-9-2-3-10-22)18-26-29-27-20(7-6-11-24(27)32-26)13-14-21-8-4-5-16-28-21/h4-8,11-12,15-17,22H,2-3,9-10,13-14,18H2,1H3. The first kappa shape index (κ1) is 20.6. The van der Waals surface area contributed by atoms with Gasteiger partial charge >= 0.3 is 0 Å². The summed E-state index contributed by atoms with van der Waals surface area (Å²) in [5.74, 6) is 2.29. The fraction of sp³-hybridized carbons (Fsp3) is 0.333. The van der Waals surface area contributed by atoms with Gasteiger partial charge < -0.3 is 13.9 Å². The summed E-state index contributed by atoms with van der Waals surface area (Å²) in [6, 6.07) is 18.3. The van der Waals surface area contributed by atoms with Gasteiger partial charge in [0, 0.05) is 18.3 Å². The molecular formula is C27H28N2O3. The predicted molar refractivity (Wildman–Crippen MR) is 124 cm³/mol. The highest BCUT2D eigenvalue weighted by atomic mass is 16.5. The van der Waals surface area contributed by atoms with Crippen LogP contribution in [0.4, 0.5) is 0 Å². The van der Waals surface area contributed by atoms with E-state index >= 15 is 0 Å². The molecule has 0 bridgehead atoms. The van der Waals surface area contributed by atoms with Crippen LogP contribution in [0.5, 0.6) is 11.5 Å². The number of nitrogens with zero attached hydrogens (tertiary/aromatic N) is 2. The Kier molecular flexibility index (Phi) is 6.06. The number of oxazole rings is 1. The summed E-state index contributed by atoms with van der Waals surface area (Å²) in [7, 11) is 1.68. The summed E-state index contributed by atoms with van der Waals surface area (Å²) in [4.78, 5) is 9.26. The minimum absolute atomic E-state index is 0.283. The first-order valence-electron chi connectivity index (χ1n) is 11.4. The van der Waals surface area contributed by atoms with Crippen molar-refractivity contribution < 1.29 is 13.9 Å². The van der Waals surface area contributed by atoms with Gasteiger partial charge in [0.15, 0.2) is 23.0 Å². The second-order valence-electron chi connectivity index (χ2n) is 8.38. The van der Waals surface area contributed by atoms with Crippen LogP contribution in [0.25, 0.3) is 11.1 Å². The number of aromatic nitrogens is 2. The van der Waals surface area contributed by atoms with E-state index in [2.05, 4.69) is 29.2 Å². The Hall–Kier alpha value is -3.34. The molecule has 5 heteroatoms. The van der Waals surface area contributed by atoms with Gasteiger partial charge in [0.25, 0.3) is 0 Å². The molecule has 0 radical (unpaired) electrons. The molecule has 164 valence electrons. The van der Waals surface area contributed by atoms with Gasteiger partial charge in [-0.05, 0) is 80.0 Å². The molecule has 2 heterocycles. The van der Waals surface area contributed by atoms with Crippen LogP contribution in [0.3, 0.4) is 0 Å². The maximum absolute atomic E-state index is 6.25. The highest BCUT2D eigenvalue weighted by Crippen LogP contribution is 2.33. The second-order valence-corrected chi connectivity index (χ2v) is 8.38. The quantitative estimate of drug-likeness (QED) is 0.348. The van der Waals surface area contributed by atoms with Gasteiger partial charge in [0.05, 0.1) is 13.2 Å². The molecule has 5 nitrogen and oxygen atoms in total. The molecule has 1 aliphatic rings.